The van der Waals surface area contributed by atoms with E-state index in [-0.39, 0.29) is 5.41 Å². The second-order valence-corrected chi connectivity index (χ2v) is 17.2. The molecule has 2 aromatic heterocycles. The number of hydrogen-bond acceptors (Lipinski definition) is 3. The van der Waals surface area contributed by atoms with Crippen molar-refractivity contribution in [2.45, 2.75) is 19.3 Å². The van der Waals surface area contributed by atoms with Gasteiger partial charge in [-0.2, -0.15) is 0 Å². The van der Waals surface area contributed by atoms with Gasteiger partial charge in [-0.1, -0.05) is 172 Å². The van der Waals surface area contributed by atoms with Gasteiger partial charge in [0.15, 0.2) is 0 Å². The number of nitrogens with zero attached hydrogens (tertiary/aromatic N) is 2. The fourth-order valence-electron chi connectivity index (χ4n) is 9.51. The third-order valence-electron chi connectivity index (χ3n) is 12.6. The van der Waals surface area contributed by atoms with Crippen molar-refractivity contribution in [1.82, 2.24) is 9.97 Å². The van der Waals surface area contributed by atoms with E-state index < -0.39 is 0 Å². The van der Waals surface area contributed by atoms with Crippen LogP contribution in [-0.4, -0.2) is 9.97 Å². The van der Waals surface area contributed by atoms with Crippen LogP contribution in [0.5, 0.6) is 0 Å². The molecule has 1 aliphatic rings. The maximum atomic E-state index is 5.30. The van der Waals surface area contributed by atoms with Crippen molar-refractivity contribution < 1.29 is 0 Å². The Morgan fingerprint density at radius 2 is 0.897 bits per heavy atom. The lowest BCUT2D eigenvalue weighted by Gasteiger charge is -2.22. The van der Waals surface area contributed by atoms with E-state index in [2.05, 4.69) is 190 Å². The summed E-state index contributed by atoms with van der Waals surface area (Å²) in [6, 6.07) is 64.4. The smallest absolute Gasteiger partial charge is 0.0979 e. The minimum atomic E-state index is -0.175. The molecule has 0 atom stereocenters. The molecule has 12 rings (SSSR count). The van der Waals surface area contributed by atoms with Crippen LogP contribution in [0.2, 0.25) is 0 Å². The van der Waals surface area contributed by atoms with E-state index >= 15 is 0 Å². The lowest BCUT2D eigenvalue weighted by atomic mass is 9.81. The Bertz CT molecular complexity index is 3430. The van der Waals surface area contributed by atoms with Crippen LogP contribution in [0, 0.1) is 0 Å². The second kappa shape index (κ2) is 12.5. The van der Waals surface area contributed by atoms with Gasteiger partial charge in [-0.25, -0.2) is 4.98 Å². The van der Waals surface area contributed by atoms with Gasteiger partial charge in [0.25, 0.3) is 0 Å². The third kappa shape index (κ3) is 4.97. The van der Waals surface area contributed by atoms with E-state index in [1.54, 1.807) is 0 Å². The van der Waals surface area contributed by atoms with Crippen LogP contribution in [0.4, 0.5) is 0 Å². The first-order valence-corrected chi connectivity index (χ1v) is 20.8. The third-order valence-corrected chi connectivity index (χ3v) is 13.8. The van der Waals surface area contributed by atoms with Gasteiger partial charge in [0.2, 0.25) is 0 Å². The Morgan fingerprint density at radius 3 is 1.57 bits per heavy atom. The van der Waals surface area contributed by atoms with Gasteiger partial charge in [0.1, 0.15) is 0 Å². The molecule has 0 aliphatic heterocycles. The topological polar surface area (TPSA) is 25.8 Å². The molecule has 3 heteroatoms. The van der Waals surface area contributed by atoms with Gasteiger partial charge in [0, 0.05) is 41.9 Å². The molecule has 272 valence electrons. The molecule has 0 N–H and O–H groups in total. The highest BCUT2D eigenvalue weighted by Gasteiger charge is 2.36. The van der Waals surface area contributed by atoms with Gasteiger partial charge in [-0.3, -0.25) is 4.98 Å². The van der Waals surface area contributed by atoms with Crippen LogP contribution in [-0.2, 0) is 5.41 Å². The Hall–Kier alpha value is -6.94. The zero-order chi connectivity index (χ0) is 38.5. The largest absolute Gasteiger partial charge is 0.252 e. The summed E-state index contributed by atoms with van der Waals surface area (Å²) in [5.41, 5.74) is 16.4. The van der Waals surface area contributed by atoms with Gasteiger partial charge < -0.3 is 0 Å². The fraction of sp³-hybridized carbons (Fsp3) is 0.0545. The highest BCUT2D eigenvalue weighted by Crippen LogP contribution is 2.51. The maximum Gasteiger partial charge on any atom is 0.0979 e. The first kappa shape index (κ1) is 33.2. The highest BCUT2D eigenvalue weighted by molar-refractivity contribution is 7.26. The van der Waals surface area contributed by atoms with Crippen molar-refractivity contribution in [3.05, 3.63) is 193 Å². The van der Waals surface area contributed by atoms with Crippen molar-refractivity contribution in [2.75, 3.05) is 0 Å². The number of hydrogen-bond donors (Lipinski definition) is 0. The first-order valence-electron chi connectivity index (χ1n) is 20.0. The first-order chi connectivity index (χ1) is 28.5. The molecule has 58 heavy (non-hydrogen) atoms. The normalized spacial score (nSPS) is 13.1. The molecule has 9 aromatic carbocycles. The Balaban J connectivity index is 0.844. The molecule has 0 amide bonds. The standard InChI is InChI=1S/C55H36N2S/c1-55(2)48-30-37(35-20-18-33(19-21-35)34-22-24-36(25-23-34)39-15-9-16-47-44-12-7-8-17-51(44)58-54(39)47)26-28-42(48)43-29-27-38(31-49(43)55)50-32-56-52-45-13-5-3-10-40(45)41-11-4-6-14-46(41)53(52)57-50/h3-32H,1-2H3. The molecule has 0 saturated heterocycles. The number of thiophene rings is 1. The molecule has 11 aromatic rings. The number of fused-ring (bicyclic) bond motifs is 12. The molecule has 0 bridgehead atoms. The van der Waals surface area contributed by atoms with Gasteiger partial charge >= 0.3 is 0 Å². The molecule has 0 saturated carbocycles. The molecule has 0 radical (unpaired) electrons. The van der Waals surface area contributed by atoms with Crippen molar-refractivity contribution in [1.29, 1.82) is 0 Å². The van der Waals surface area contributed by atoms with Crippen LogP contribution in [0.1, 0.15) is 25.0 Å². The van der Waals surface area contributed by atoms with E-state index in [0.717, 1.165) is 33.1 Å². The zero-order valence-electron chi connectivity index (χ0n) is 32.1. The van der Waals surface area contributed by atoms with Crippen molar-refractivity contribution in [2.24, 2.45) is 0 Å². The number of aromatic nitrogens is 2. The predicted octanol–water partition coefficient (Wildman–Crippen LogP) is 15.3. The van der Waals surface area contributed by atoms with Gasteiger partial charge in [-0.05, 0) is 84.6 Å². The molecule has 0 fully saturated rings. The van der Waals surface area contributed by atoms with Crippen molar-refractivity contribution in [3.8, 4) is 55.8 Å². The summed E-state index contributed by atoms with van der Waals surface area (Å²) < 4.78 is 2.69. The Morgan fingerprint density at radius 1 is 0.397 bits per heavy atom. The van der Waals surface area contributed by atoms with Gasteiger partial charge in [0.05, 0.1) is 22.9 Å². The molecular formula is C55H36N2S. The van der Waals surface area contributed by atoms with E-state index in [9.17, 15) is 0 Å². The average Bonchev–Trinajstić information content (AvgIpc) is 3.78. The summed E-state index contributed by atoms with van der Waals surface area (Å²) in [6.45, 7) is 4.70. The fourth-order valence-corrected chi connectivity index (χ4v) is 10.7. The molecule has 2 nitrogen and oxygen atoms in total. The minimum Gasteiger partial charge on any atom is -0.252 e. The summed E-state index contributed by atoms with van der Waals surface area (Å²) in [7, 11) is 0. The monoisotopic (exact) mass is 756 g/mol. The van der Waals surface area contributed by atoms with Crippen molar-refractivity contribution in [3.63, 3.8) is 0 Å². The predicted molar refractivity (Wildman–Crippen MR) is 247 cm³/mol. The molecule has 0 spiro atoms. The molecule has 2 heterocycles. The Labute approximate surface area is 340 Å². The van der Waals surface area contributed by atoms with Crippen LogP contribution in [0.3, 0.4) is 0 Å². The van der Waals surface area contributed by atoms with Crippen LogP contribution >= 0.6 is 11.3 Å². The minimum absolute atomic E-state index is 0.175. The summed E-state index contributed by atoms with van der Waals surface area (Å²) in [4.78, 5) is 10.3. The van der Waals surface area contributed by atoms with E-state index in [4.69, 9.17) is 9.97 Å². The van der Waals surface area contributed by atoms with E-state index in [0.29, 0.717) is 0 Å². The summed E-state index contributed by atoms with van der Waals surface area (Å²) in [5, 5.41) is 7.36. The van der Waals surface area contributed by atoms with Crippen LogP contribution < -0.4 is 0 Å². The SMILES string of the molecule is CC1(C)c2cc(-c3ccc(-c4ccc(-c5cccc6c5sc5ccccc56)cc4)cc3)ccc2-c2ccc(-c3cnc4c5ccccc5c5ccccc5c4n3)cc21. The maximum absolute atomic E-state index is 5.30. The molecule has 0 unspecified atom stereocenters. The summed E-state index contributed by atoms with van der Waals surface area (Å²) in [5.74, 6) is 0. The second-order valence-electron chi connectivity index (χ2n) is 16.1. The van der Waals surface area contributed by atoms with E-state index in [1.165, 1.54) is 86.6 Å². The highest BCUT2D eigenvalue weighted by atomic mass is 32.1. The molecule has 1 aliphatic carbocycles. The van der Waals surface area contributed by atoms with Gasteiger partial charge in [-0.15, -0.1) is 11.3 Å². The zero-order valence-corrected chi connectivity index (χ0v) is 32.9. The summed E-state index contributed by atoms with van der Waals surface area (Å²) >= 11 is 1.88. The summed E-state index contributed by atoms with van der Waals surface area (Å²) in [6.07, 6.45) is 1.95. The lowest BCUT2D eigenvalue weighted by molar-refractivity contribution is 0.661. The Kier molecular flexibility index (Phi) is 7.18. The lowest BCUT2D eigenvalue weighted by Crippen LogP contribution is -2.15. The van der Waals surface area contributed by atoms with E-state index in [1.807, 2.05) is 17.5 Å². The number of rotatable bonds is 4. The van der Waals surface area contributed by atoms with Crippen molar-refractivity contribution >= 4 is 64.1 Å². The average molecular weight is 757 g/mol. The molecular weight excluding hydrogens is 721 g/mol. The quantitative estimate of drug-likeness (QED) is 0.167. The van der Waals surface area contributed by atoms with Crippen LogP contribution in [0.25, 0.3) is 109 Å². The number of benzene rings is 9. The van der Waals surface area contributed by atoms with Crippen LogP contribution in [0.15, 0.2) is 182 Å².